The van der Waals surface area contributed by atoms with Crippen LogP contribution in [0.25, 0.3) is 0 Å². The third kappa shape index (κ3) is 6.04. The molecule has 0 aromatic heterocycles. The Bertz CT molecular complexity index is 642. The van der Waals surface area contributed by atoms with Crippen LogP contribution in [-0.2, 0) is 4.79 Å². The van der Waals surface area contributed by atoms with Gasteiger partial charge in [0.1, 0.15) is 24.5 Å². The molecule has 1 atom stereocenters. The fourth-order valence-electron chi connectivity index (χ4n) is 2.40. The van der Waals surface area contributed by atoms with E-state index in [1.165, 1.54) is 0 Å². The predicted molar refractivity (Wildman–Crippen MR) is 96.4 cm³/mol. The first-order valence-corrected chi connectivity index (χ1v) is 8.69. The lowest BCUT2D eigenvalue weighted by molar-refractivity contribution is -0.122. The molecule has 0 saturated heterocycles. The van der Waals surface area contributed by atoms with Crippen LogP contribution in [-0.4, -0.2) is 35.8 Å². The molecule has 3 N–H and O–H groups in total. The van der Waals surface area contributed by atoms with Crippen molar-refractivity contribution in [2.45, 2.75) is 51.7 Å². The third-order valence-electron chi connectivity index (χ3n) is 4.14. The van der Waals surface area contributed by atoms with Gasteiger partial charge in [0, 0.05) is 23.7 Å². The van der Waals surface area contributed by atoms with Crippen molar-refractivity contribution >= 4 is 11.6 Å². The van der Waals surface area contributed by atoms with Gasteiger partial charge in [-0.05, 0) is 51.8 Å². The van der Waals surface area contributed by atoms with Gasteiger partial charge in [-0.3, -0.25) is 4.79 Å². The molecule has 1 fully saturated rings. The summed E-state index contributed by atoms with van der Waals surface area (Å²) in [5.41, 5.74) is 0.845. The van der Waals surface area contributed by atoms with Crippen LogP contribution in [0.2, 0.25) is 0 Å². The molecule has 0 aliphatic heterocycles. The molecule has 6 heteroatoms. The van der Waals surface area contributed by atoms with Crippen molar-refractivity contribution in [2.24, 2.45) is 5.92 Å². The van der Waals surface area contributed by atoms with E-state index < -0.39 is 6.10 Å². The highest BCUT2D eigenvalue weighted by Crippen LogP contribution is 2.28. The van der Waals surface area contributed by atoms with Gasteiger partial charge in [-0.25, -0.2) is 0 Å². The molecule has 1 aromatic carbocycles. The molecule has 25 heavy (non-hydrogen) atoms. The largest absolute Gasteiger partial charge is 0.489 e. The summed E-state index contributed by atoms with van der Waals surface area (Å²) in [6, 6.07) is 7.04. The summed E-state index contributed by atoms with van der Waals surface area (Å²) in [5.74, 6) is 0.498. The van der Waals surface area contributed by atoms with Crippen LogP contribution in [0.5, 0.6) is 5.75 Å². The molecule has 6 nitrogen and oxygen atoms in total. The van der Waals surface area contributed by atoms with Crippen LogP contribution >= 0.6 is 0 Å². The number of carbonyl (C=O) groups excluding carboxylic acids is 1. The summed E-state index contributed by atoms with van der Waals surface area (Å²) < 4.78 is 5.57. The Kier molecular flexibility index (Phi) is 6.40. The van der Waals surface area contributed by atoms with E-state index in [1.807, 2.05) is 20.8 Å². The standard InChI is InChI=1S/C19H27N3O3/c1-19(2,3)21-11-16(23)12-25-17-8-7-15(9-14(17)10-20)22-18(24)13-5-4-6-13/h7-9,13,16,21,23H,4-6,11-12H2,1-3H3,(H,22,24). The quantitative estimate of drug-likeness (QED) is 0.705. The van der Waals surface area contributed by atoms with E-state index in [2.05, 4.69) is 16.7 Å². The van der Waals surface area contributed by atoms with Gasteiger partial charge in [0.25, 0.3) is 0 Å². The van der Waals surface area contributed by atoms with E-state index in [1.54, 1.807) is 18.2 Å². The molecule has 2 rings (SSSR count). The van der Waals surface area contributed by atoms with Gasteiger partial charge in [-0.1, -0.05) is 6.42 Å². The van der Waals surface area contributed by atoms with Crippen LogP contribution < -0.4 is 15.4 Å². The first-order valence-electron chi connectivity index (χ1n) is 8.69. The van der Waals surface area contributed by atoms with Crippen molar-refractivity contribution in [3.05, 3.63) is 23.8 Å². The molecule has 1 aliphatic carbocycles. The highest BCUT2D eigenvalue weighted by molar-refractivity contribution is 5.93. The van der Waals surface area contributed by atoms with Crippen molar-refractivity contribution in [3.8, 4) is 11.8 Å². The number of nitrogens with zero attached hydrogens (tertiary/aromatic N) is 1. The summed E-state index contributed by atoms with van der Waals surface area (Å²) in [7, 11) is 0. The molecule has 1 amide bonds. The molecule has 136 valence electrons. The number of amides is 1. The van der Waals surface area contributed by atoms with Gasteiger partial charge in [0.05, 0.1) is 5.56 Å². The SMILES string of the molecule is CC(C)(C)NCC(O)COc1ccc(NC(=O)C2CCC2)cc1C#N. The number of aliphatic hydroxyl groups is 1. The number of anilines is 1. The van der Waals surface area contributed by atoms with Crippen LogP contribution in [0.15, 0.2) is 18.2 Å². The van der Waals surface area contributed by atoms with Crippen molar-refractivity contribution in [1.82, 2.24) is 5.32 Å². The normalized spacial score (nSPS) is 15.8. The monoisotopic (exact) mass is 345 g/mol. The molecule has 1 unspecified atom stereocenters. The molecule has 0 bridgehead atoms. The topological polar surface area (TPSA) is 94.4 Å². The fraction of sp³-hybridized carbons (Fsp3) is 0.579. The van der Waals surface area contributed by atoms with Gasteiger partial charge in [-0.15, -0.1) is 0 Å². The maximum Gasteiger partial charge on any atom is 0.227 e. The second-order valence-electron chi connectivity index (χ2n) is 7.54. The minimum absolute atomic E-state index is 0.00693. The number of benzene rings is 1. The average molecular weight is 345 g/mol. The maximum atomic E-state index is 12.0. The average Bonchev–Trinajstić information content (AvgIpc) is 2.49. The molecule has 1 saturated carbocycles. The second-order valence-corrected chi connectivity index (χ2v) is 7.54. The van der Waals surface area contributed by atoms with E-state index >= 15 is 0 Å². The number of carbonyl (C=O) groups is 1. The lowest BCUT2D eigenvalue weighted by Crippen LogP contribution is -2.42. The van der Waals surface area contributed by atoms with Crippen molar-refractivity contribution in [2.75, 3.05) is 18.5 Å². The Balaban J connectivity index is 1.90. The van der Waals surface area contributed by atoms with E-state index in [-0.39, 0.29) is 24.0 Å². The molecule has 1 aliphatic rings. The molecule has 0 spiro atoms. The zero-order chi connectivity index (χ0) is 18.4. The zero-order valence-electron chi connectivity index (χ0n) is 15.1. The minimum atomic E-state index is -0.677. The molecule has 0 radical (unpaired) electrons. The smallest absolute Gasteiger partial charge is 0.227 e. The Morgan fingerprint density at radius 3 is 2.72 bits per heavy atom. The van der Waals surface area contributed by atoms with E-state index in [0.717, 1.165) is 19.3 Å². The fourth-order valence-corrected chi connectivity index (χ4v) is 2.40. The van der Waals surface area contributed by atoms with Crippen LogP contribution in [0.1, 0.15) is 45.6 Å². The molecule has 0 heterocycles. The van der Waals surface area contributed by atoms with Gasteiger partial charge < -0.3 is 20.5 Å². The minimum Gasteiger partial charge on any atom is -0.489 e. The number of β-amino-alcohol motifs (C(OH)–C–C–N with tert-alkyl or cyclic N) is 1. The highest BCUT2D eigenvalue weighted by atomic mass is 16.5. The summed E-state index contributed by atoms with van der Waals surface area (Å²) in [4.78, 5) is 12.0. The van der Waals surface area contributed by atoms with Gasteiger partial charge in [-0.2, -0.15) is 5.26 Å². The van der Waals surface area contributed by atoms with E-state index in [9.17, 15) is 15.2 Å². The van der Waals surface area contributed by atoms with Crippen LogP contribution in [0.3, 0.4) is 0 Å². The van der Waals surface area contributed by atoms with Gasteiger partial charge in [0.15, 0.2) is 0 Å². The summed E-state index contributed by atoms with van der Waals surface area (Å²) in [6.45, 7) is 6.55. The summed E-state index contributed by atoms with van der Waals surface area (Å²) in [5, 5.41) is 25.3. The Hall–Kier alpha value is -2.10. The van der Waals surface area contributed by atoms with Gasteiger partial charge >= 0.3 is 0 Å². The third-order valence-corrected chi connectivity index (χ3v) is 4.14. The highest BCUT2D eigenvalue weighted by Gasteiger charge is 2.25. The number of nitrogens with one attached hydrogen (secondary N) is 2. The molecular formula is C19H27N3O3. The number of rotatable bonds is 7. The van der Waals surface area contributed by atoms with Gasteiger partial charge in [0.2, 0.25) is 5.91 Å². The summed E-state index contributed by atoms with van der Waals surface area (Å²) >= 11 is 0. The first-order chi connectivity index (χ1) is 11.8. The second kappa shape index (κ2) is 8.32. The first kappa shape index (κ1) is 19.2. The number of ether oxygens (including phenoxy) is 1. The molecule has 1 aromatic rings. The van der Waals surface area contributed by atoms with E-state index in [0.29, 0.717) is 23.5 Å². The lowest BCUT2D eigenvalue weighted by Gasteiger charge is -2.24. The number of aliphatic hydroxyl groups excluding tert-OH is 1. The lowest BCUT2D eigenvalue weighted by atomic mass is 9.85. The summed E-state index contributed by atoms with van der Waals surface area (Å²) in [6.07, 6.45) is 2.28. The molecular weight excluding hydrogens is 318 g/mol. The number of nitriles is 1. The van der Waals surface area contributed by atoms with Crippen molar-refractivity contribution in [3.63, 3.8) is 0 Å². The zero-order valence-corrected chi connectivity index (χ0v) is 15.1. The van der Waals surface area contributed by atoms with Crippen LogP contribution in [0, 0.1) is 17.2 Å². The Morgan fingerprint density at radius 2 is 2.16 bits per heavy atom. The Morgan fingerprint density at radius 1 is 1.44 bits per heavy atom. The predicted octanol–water partition coefficient (Wildman–Crippen LogP) is 2.42. The number of hydrogen-bond acceptors (Lipinski definition) is 5. The Labute approximate surface area is 149 Å². The van der Waals surface area contributed by atoms with Crippen molar-refractivity contribution < 1.29 is 14.6 Å². The number of hydrogen-bond donors (Lipinski definition) is 3. The maximum absolute atomic E-state index is 12.0. The van der Waals surface area contributed by atoms with Crippen LogP contribution in [0.4, 0.5) is 5.69 Å². The van der Waals surface area contributed by atoms with Crippen molar-refractivity contribution in [1.29, 1.82) is 5.26 Å². The van der Waals surface area contributed by atoms with E-state index in [4.69, 9.17) is 4.74 Å².